The summed E-state index contributed by atoms with van der Waals surface area (Å²) in [6.07, 6.45) is 36.2. The molecule has 0 aliphatic heterocycles. The number of hydrogen-bond acceptors (Lipinski definition) is 4. The van der Waals surface area contributed by atoms with E-state index in [0.717, 1.165) is 96.9 Å². The van der Waals surface area contributed by atoms with Gasteiger partial charge in [0.1, 0.15) is 0 Å². The smallest absolute Gasteiger partial charge is 0.0613 e. The average Bonchev–Trinajstić information content (AvgIpc) is 3.84. The Labute approximate surface area is 442 Å². The summed E-state index contributed by atoms with van der Waals surface area (Å²) in [5.41, 5.74) is 19.6. The van der Waals surface area contributed by atoms with Crippen LogP contribution in [-0.2, 0) is 9.47 Å². The van der Waals surface area contributed by atoms with Crippen molar-refractivity contribution >= 4 is 17.8 Å². The van der Waals surface area contributed by atoms with E-state index in [1.807, 2.05) is 0 Å². The lowest BCUT2D eigenvalue weighted by Gasteiger charge is -2.58. The molecule has 2 N–H and O–H groups in total. The van der Waals surface area contributed by atoms with E-state index in [9.17, 15) is 0 Å². The first-order chi connectivity index (χ1) is 32.0. The van der Waals surface area contributed by atoms with Gasteiger partial charge in [-0.3, -0.25) is 0 Å². The molecule has 2 unspecified atom stereocenters. The minimum absolute atomic E-state index is 0. The monoisotopic (exact) mass is 1020 g/mol. The van der Waals surface area contributed by atoms with Gasteiger partial charge in [0, 0.05) is 18.0 Å². The summed E-state index contributed by atoms with van der Waals surface area (Å²) in [4.78, 5) is 2.84. The number of rotatable bonds is 17. The number of nitrogens with zero attached hydrogens (tertiary/aromatic N) is 3. The summed E-state index contributed by atoms with van der Waals surface area (Å²) in [6, 6.07) is 0. The first-order valence-electron chi connectivity index (χ1n) is 28.7. The quantitative estimate of drug-likeness (QED) is 0.0393. The minimum Gasteiger partial charge on any atom is -0.378 e. The summed E-state index contributed by atoms with van der Waals surface area (Å²) in [6.45, 7) is 27.7. The van der Waals surface area contributed by atoms with Crippen LogP contribution in [0.3, 0.4) is 0 Å². The maximum atomic E-state index is 8.48. The van der Waals surface area contributed by atoms with Gasteiger partial charge >= 0.3 is 0 Å². The summed E-state index contributed by atoms with van der Waals surface area (Å²) < 4.78 is 18.4. The highest BCUT2D eigenvalue weighted by atomic mass is 32.0. The molecule has 6 saturated carbocycles. The molecule has 0 saturated heterocycles. The van der Waals surface area contributed by atoms with E-state index >= 15 is 0 Å². The molecule has 0 bridgehead atoms. The van der Waals surface area contributed by atoms with Crippen LogP contribution in [0.5, 0.6) is 0 Å². The molecule has 18 atom stereocenters. The van der Waals surface area contributed by atoms with Gasteiger partial charge < -0.3 is 15.2 Å². The van der Waals surface area contributed by atoms with Gasteiger partial charge in [0.05, 0.1) is 26.7 Å². The topological polar surface area (TPSA) is 93.2 Å². The van der Waals surface area contributed by atoms with Gasteiger partial charge in [-0.15, -0.1) is 17.8 Å². The first-order valence-corrected chi connectivity index (χ1v) is 30.5. The SMILES string of the molecule is C.C.C.C.CC(C)CCC[C@@H](C)[C@H]1CC[C@H]2[C@@H]3CC=C4C[C@@H](OCCN)CC[C@]4(C)[C@H]3CC[C@]12C.CC(C)CCC[C@@H](C)[C@H]1CC[C@H]2[C@@H]3CC=C4C[C@@H](OCCN=[N+]=[N-])CC[C@]4(C)[C@H]3CC[C@]12C.[3H]PP. The molecule has 6 fully saturated rings. The standard InChI is InChI=1S/C29H49N3O.C29H51NO.4CH4.H4P2/c1-20(2)7-6-8-21(3)25-11-12-26-24-10-9-22-19-23(33-18-17-31-32-30)13-15-28(22,4)27(24)14-16-29(25,26)5;1-20(2)7-6-8-21(3)25-11-12-26-24-10-9-22-19-23(31-18-17-30)13-15-28(22,4)27(24)14-16-29(25,26)5;;;;;1-2/h9,20-21,23-27H,6-8,10-19H2,1-5H3;9,20-21,23-27H,6-8,10-19,30H2,1-5H3;4*1H4;1-2H2/t2*21-,23+,24+,25-,26+,27+,28+,29-;;;;;/m11...../s1/i;;;;;;1T. The molecule has 0 aromatic carbocycles. The van der Waals surface area contributed by atoms with Crippen molar-refractivity contribution in [3.63, 3.8) is 0 Å². The zero-order valence-electron chi connectivity index (χ0n) is 45.4. The van der Waals surface area contributed by atoms with Gasteiger partial charge in [-0.05, 0) is 201 Å². The van der Waals surface area contributed by atoms with Gasteiger partial charge in [-0.25, -0.2) is 0 Å². The number of nitrogens with two attached hydrogens (primary N) is 1. The molecule has 0 heterocycles. The van der Waals surface area contributed by atoms with Crippen LogP contribution >= 0.6 is 17.8 Å². The zero-order chi connectivity index (χ0) is 48.6. The molecule has 0 spiro atoms. The fourth-order valence-electron chi connectivity index (χ4n) is 18.1. The second-order valence-corrected chi connectivity index (χ2v) is 25.8. The Morgan fingerprint density at radius 2 is 1.06 bits per heavy atom. The second-order valence-electron chi connectivity index (χ2n) is 25.8. The van der Waals surface area contributed by atoms with Crippen molar-refractivity contribution in [1.29, 1.82) is 1.28 Å². The van der Waals surface area contributed by atoms with Gasteiger partial charge in [-0.2, -0.15) is 0 Å². The molecule has 0 radical (unpaired) electrons. The van der Waals surface area contributed by atoms with Crippen LogP contribution in [0, 0.1) is 92.7 Å². The Hall–Kier alpha value is -0.470. The molecule has 0 aromatic heterocycles. The van der Waals surface area contributed by atoms with Crippen LogP contribution in [-0.4, -0.2) is 39.8 Å². The van der Waals surface area contributed by atoms with Crippen LogP contribution < -0.4 is 5.73 Å². The van der Waals surface area contributed by atoms with E-state index in [2.05, 4.69) is 100 Å². The normalized spacial score (nSPS) is 38.9. The molecule has 0 amide bonds. The Bertz CT molecular complexity index is 1670. The third-order valence-corrected chi connectivity index (χ3v) is 21.6. The molecule has 70 heavy (non-hydrogen) atoms. The van der Waals surface area contributed by atoms with Crippen LogP contribution in [0.1, 0.15) is 240 Å². The predicted molar refractivity (Wildman–Crippen MR) is 315 cm³/mol. The Morgan fingerprint density at radius 1 is 0.643 bits per heavy atom. The van der Waals surface area contributed by atoms with Gasteiger partial charge in [0.15, 0.2) is 0 Å². The minimum atomic E-state index is 0. The lowest BCUT2D eigenvalue weighted by atomic mass is 9.47. The van der Waals surface area contributed by atoms with E-state index in [1.54, 1.807) is 11.1 Å². The fourth-order valence-corrected chi connectivity index (χ4v) is 18.1. The second kappa shape index (κ2) is 29.2. The van der Waals surface area contributed by atoms with E-state index in [4.69, 9.17) is 22.0 Å². The van der Waals surface area contributed by atoms with Crippen LogP contribution in [0.2, 0.25) is 0 Å². The largest absolute Gasteiger partial charge is 0.378 e. The number of ether oxygens (including phenoxy) is 2. The number of fused-ring (bicyclic) bond motifs is 10. The van der Waals surface area contributed by atoms with Crippen LogP contribution in [0.25, 0.3) is 10.4 Å². The highest BCUT2D eigenvalue weighted by Crippen LogP contribution is 2.69. The molecule has 410 valence electrons. The lowest BCUT2D eigenvalue weighted by molar-refractivity contribution is -0.0634. The number of azide groups is 1. The van der Waals surface area contributed by atoms with E-state index in [0.29, 0.717) is 53.6 Å². The summed E-state index contributed by atoms with van der Waals surface area (Å²) in [5.74, 6) is 10.9. The summed E-state index contributed by atoms with van der Waals surface area (Å²) in [5, 5.41) is 3.63. The van der Waals surface area contributed by atoms with Crippen molar-refractivity contribution in [3.05, 3.63) is 33.7 Å². The molecule has 8 aliphatic carbocycles. The highest BCUT2D eigenvalue weighted by Gasteiger charge is 2.61. The Kier molecular flexibility index (Phi) is 26.6. The molecule has 0 aromatic rings. The third-order valence-electron chi connectivity index (χ3n) is 21.6. The van der Waals surface area contributed by atoms with E-state index in [-0.39, 0.29) is 38.6 Å². The van der Waals surface area contributed by atoms with E-state index in [1.165, 1.54) is 122 Å². The van der Waals surface area contributed by atoms with Crippen LogP contribution in [0.15, 0.2) is 28.4 Å². The Morgan fingerprint density at radius 3 is 1.44 bits per heavy atom. The molecule has 6 nitrogen and oxygen atoms in total. The fraction of sp³-hybridized carbons (Fsp3) is 0.935. The molecular weight excluding hydrogens is 895 g/mol. The predicted octanol–water partition coefficient (Wildman–Crippen LogP) is 19.3. The van der Waals surface area contributed by atoms with Gasteiger partial charge in [0.25, 0.3) is 0 Å². The van der Waals surface area contributed by atoms with Crippen molar-refractivity contribution in [2.45, 2.75) is 252 Å². The summed E-state index contributed by atoms with van der Waals surface area (Å²) in [7, 11) is 2.52. The van der Waals surface area contributed by atoms with E-state index < -0.39 is 0 Å². The lowest BCUT2D eigenvalue weighted by Crippen LogP contribution is -2.51. The van der Waals surface area contributed by atoms with Gasteiger partial charge in [0.2, 0.25) is 0 Å². The van der Waals surface area contributed by atoms with Crippen molar-refractivity contribution in [2.75, 3.05) is 26.3 Å². The average molecular weight is 1020 g/mol. The maximum Gasteiger partial charge on any atom is 0.0613 e. The molecule has 8 rings (SSSR count). The molecule has 8 heteroatoms. The van der Waals surface area contributed by atoms with Crippen molar-refractivity contribution < 1.29 is 9.47 Å². The zero-order valence-corrected chi connectivity index (χ0v) is 46.6. The maximum absolute atomic E-state index is 8.48. The van der Waals surface area contributed by atoms with Crippen molar-refractivity contribution in [1.82, 2.24) is 0 Å². The van der Waals surface area contributed by atoms with Crippen molar-refractivity contribution in [3.8, 4) is 0 Å². The highest BCUT2D eigenvalue weighted by molar-refractivity contribution is 7.92. The molecular formula is C62H120N4O2P2. The third kappa shape index (κ3) is 14.1. The summed E-state index contributed by atoms with van der Waals surface area (Å²) >= 11 is 0. The molecule has 8 aliphatic rings. The van der Waals surface area contributed by atoms with Crippen molar-refractivity contribution in [2.24, 2.45) is 104 Å². The van der Waals surface area contributed by atoms with Crippen LogP contribution in [0.4, 0.5) is 0 Å². The first kappa shape index (κ1) is 63.8. The van der Waals surface area contributed by atoms with Gasteiger partial charge in [-0.1, -0.05) is 166 Å². The number of hydrogen-bond donors (Lipinski definition) is 1. The number of allylic oxidation sites excluding steroid dienone is 2. The Balaban J connectivity index is 0.000000438.